The van der Waals surface area contributed by atoms with Gasteiger partial charge >= 0.3 is 0 Å². The summed E-state index contributed by atoms with van der Waals surface area (Å²) in [6.07, 6.45) is 3.92. The summed E-state index contributed by atoms with van der Waals surface area (Å²) in [5, 5.41) is 2.67. The number of anilines is 1. The van der Waals surface area contributed by atoms with Gasteiger partial charge in [-0.2, -0.15) is 0 Å². The number of hydrogen-bond donors (Lipinski definition) is 2. The molecule has 9 nitrogen and oxygen atoms in total. The lowest BCUT2D eigenvalue weighted by Gasteiger charge is -2.34. The molecule has 11 heteroatoms. The Morgan fingerprint density at radius 1 is 1.38 bits per heavy atom. The molecule has 1 amide bonds. The third kappa shape index (κ3) is 3.31. The third-order valence-electron chi connectivity index (χ3n) is 5.04. The number of guanidine groups is 1. The minimum absolute atomic E-state index is 0.0815. The summed E-state index contributed by atoms with van der Waals surface area (Å²) in [4.78, 5) is 24.7. The first-order chi connectivity index (χ1) is 13.9. The summed E-state index contributed by atoms with van der Waals surface area (Å²) in [6, 6.07) is 3.49. The van der Waals surface area contributed by atoms with Crippen LogP contribution < -0.4 is 15.8 Å². The zero-order chi connectivity index (χ0) is 20.8. The van der Waals surface area contributed by atoms with Crippen LogP contribution in [-0.4, -0.2) is 49.3 Å². The van der Waals surface area contributed by atoms with Crippen molar-refractivity contribution in [1.82, 2.24) is 14.3 Å². The highest BCUT2D eigenvalue weighted by Gasteiger charge is 2.60. The number of nitrogens with zero attached hydrogens (tertiary/aromatic N) is 4. The van der Waals surface area contributed by atoms with Crippen LogP contribution in [-0.2, 0) is 11.0 Å². The second kappa shape index (κ2) is 7.07. The second-order valence-corrected chi connectivity index (χ2v) is 8.69. The number of benzene rings is 1. The summed E-state index contributed by atoms with van der Waals surface area (Å²) >= 11 is 0. The molecule has 0 bridgehead atoms. The first-order valence-corrected chi connectivity index (χ1v) is 9.92. The molecule has 2 heterocycles. The molecule has 1 saturated carbocycles. The van der Waals surface area contributed by atoms with E-state index in [9.17, 15) is 13.4 Å². The van der Waals surface area contributed by atoms with E-state index in [1.54, 1.807) is 7.05 Å². The Kier molecular flexibility index (Phi) is 4.69. The standard InChI is InChI=1S/C18H19FN6O3S/c1-25-17(20)24-15(18(5-6-18)29(25)27)11-7-10(3-4-12(11)19)23-16(26)13-8-22-14(28-2)9-21-13/h3-4,7-9,15H,5-6H2,1-2H3,(H2,20,24)(H,23,26). The van der Waals surface area contributed by atoms with Crippen molar-refractivity contribution in [3.05, 3.63) is 47.7 Å². The van der Waals surface area contributed by atoms with Gasteiger partial charge in [0.25, 0.3) is 5.91 Å². The predicted octanol–water partition coefficient (Wildman–Crippen LogP) is 1.37. The SMILES string of the molecule is COc1cnc(C(=O)Nc2ccc(F)c(C3N=C(N)N(C)S(=O)C34CC4)c2)cn1. The van der Waals surface area contributed by atoms with Crippen LogP contribution in [0.15, 0.2) is 35.6 Å². The fourth-order valence-electron chi connectivity index (χ4n) is 3.27. The smallest absolute Gasteiger partial charge is 0.275 e. The molecule has 1 fully saturated rings. The lowest BCUT2D eigenvalue weighted by molar-refractivity contribution is 0.102. The number of amides is 1. The molecule has 29 heavy (non-hydrogen) atoms. The molecule has 0 radical (unpaired) electrons. The molecule has 1 aromatic heterocycles. The lowest BCUT2D eigenvalue weighted by atomic mass is 10.0. The molecular weight excluding hydrogens is 399 g/mol. The minimum atomic E-state index is -1.41. The maximum absolute atomic E-state index is 14.6. The van der Waals surface area contributed by atoms with Gasteiger partial charge in [-0.25, -0.2) is 23.6 Å². The highest BCUT2D eigenvalue weighted by atomic mass is 32.2. The molecule has 1 aromatic carbocycles. The summed E-state index contributed by atoms with van der Waals surface area (Å²) in [5.74, 6) is -0.630. The molecular formula is C18H19FN6O3S. The monoisotopic (exact) mass is 418 g/mol. The molecule has 2 aliphatic rings. The summed E-state index contributed by atoms with van der Waals surface area (Å²) in [7, 11) is 1.64. The summed E-state index contributed by atoms with van der Waals surface area (Å²) in [5.41, 5.74) is 6.56. The average molecular weight is 418 g/mol. The number of carbonyl (C=O) groups excluding carboxylic acids is 1. The highest BCUT2D eigenvalue weighted by molar-refractivity contribution is 7.85. The predicted molar refractivity (Wildman–Crippen MR) is 105 cm³/mol. The number of nitrogens with one attached hydrogen (secondary N) is 1. The fourth-order valence-corrected chi connectivity index (χ4v) is 4.86. The Hall–Kier alpha value is -3.08. The van der Waals surface area contributed by atoms with Crippen molar-refractivity contribution in [3.8, 4) is 5.88 Å². The van der Waals surface area contributed by atoms with Crippen molar-refractivity contribution in [2.24, 2.45) is 10.7 Å². The van der Waals surface area contributed by atoms with Gasteiger partial charge < -0.3 is 15.8 Å². The molecule has 2 unspecified atom stereocenters. The van der Waals surface area contributed by atoms with E-state index in [0.29, 0.717) is 18.5 Å². The summed E-state index contributed by atoms with van der Waals surface area (Å²) < 4.78 is 33.1. The van der Waals surface area contributed by atoms with Crippen molar-refractivity contribution >= 4 is 28.5 Å². The van der Waals surface area contributed by atoms with Gasteiger partial charge in [0, 0.05) is 18.3 Å². The number of halogens is 1. The number of rotatable bonds is 4. The van der Waals surface area contributed by atoms with Gasteiger partial charge in [0.1, 0.15) is 28.5 Å². The molecule has 1 aliphatic carbocycles. The molecule has 3 N–H and O–H groups in total. The highest BCUT2D eigenvalue weighted by Crippen LogP contribution is 2.55. The van der Waals surface area contributed by atoms with E-state index in [0.717, 1.165) is 0 Å². The number of nitrogens with two attached hydrogens (primary N) is 1. The van der Waals surface area contributed by atoms with Crippen molar-refractivity contribution in [2.75, 3.05) is 19.5 Å². The second-order valence-electron chi connectivity index (χ2n) is 6.84. The topological polar surface area (TPSA) is 123 Å². The molecule has 0 saturated heterocycles. The van der Waals surface area contributed by atoms with Gasteiger partial charge in [0.2, 0.25) is 11.8 Å². The maximum Gasteiger partial charge on any atom is 0.275 e. The van der Waals surface area contributed by atoms with Gasteiger partial charge in [-0.15, -0.1) is 0 Å². The number of ether oxygens (including phenoxy) is 1. The van der Waals surface area contributed by atoms with Crippen molar-refractivity contribution < 1.29 is 18.1 Å². The van der Waals surface area contributed by atoms with Crippen LogP contribution in [0, 0.1) is 5.82 Å². The van der Waals surface area contributed by atoms with Crippen molar-refractivity contribution in [2.45, 2.75) is 23.6 Å². The Bertz CT molecular complexity index is 1020. The van der Waals surface area contributed by atoms with Crippen LogP contribution >= 0.6 is 0 Å². The Balaban J connectivity index is 1.63. The minimum Gasteiger partial charge on any atom is -0.480 e. The van der Waals surface area contributed by atoms with Crippen LogP contribution in [0.3, 0.4) is 0 Å². The third-order valence-corrected chi connectivity index (χ3v) is 7.05. The van der Waals surface area contributed by atoms with E-state index in [-0.39, 0.29) is 23.1 Å². The normalized spacial score (nSPS) is 22.2. The summed E-state index contributed by atoms with van der Waals surface area (Å²) in [6.45, 7) is 0. The Labute approximate surface area is 168 Å². The van der Waals surface area contributed by atoms with E-state index in [1.807, 2.05) is 0 Å². The number of hydrogen-bond acceptors (Lipinski definition) is 7. The molecule has 4 rings (SSSR count). The van der Waals surface area contributed by atoms with Crippen molar-refractivity contribution in [3.63, 3.8) is 0 Å². The molecule has 2 aromatic rings. The maximum atomic E-state index is 14.6. The van der Waals surface area contributed by atoms with E-state index < -0.39 is 33.5 Å². The zero-order valence-electron chi connectivity index (χ0n) is 15.8. The fraction of sp³-hybridized carbons (Fsp3) is 0.333. The van der Waals surface area contributed by atoms with Crippen LogP contribution in [0.1, 0.15) is 34.9 Å². The number of carbonyl (C=O) groups is 1. The lowest BCUT2D eigenvalue weighted by Crippen LogP contribution is -2.47. The van der Waals surface area contributed by atoms with Crippen LogP contribution in [0.5, 0.6) is 5.88 Å². The van der Waals surface area contributed by atoms with E-state index in [2.05, 4.69) is 20.3 Å². The number of aliphatic imine (C=N–C) groups is 1. The first-order valence-electron chi connectivity index (χ1n) is 8.81. The van der Waals surface area contributed by atoms with Gasteiger partial charge in [-0.05, 0) is 31.0 Å². The first kappa shape index (κ1) is 19.2. The molecule has 2 atom stereocenters. The van der Waals surface area contributed by atoms with Crippen LogP contribution in [0.4, 0.5) is 10.1 Å². The van der Waals surface area contributed by atoms with Crippen LogP contribution in [0.2, 0.25) is 0 Å². The van der Waals surface area contributed by atoms with E-state index in [1.165, 1.54) is 42.0 Å². The molecule has 1 spiro atoms. The molecule has 1 aliphatic heterocycles. The van der Waals surface area contributed by atoms with Gasteiger partial charge in [-0.1, -0.05) is 0 Å². The number of methoxy groups -OCH3 is 1. The van der Waals surface area contributed by atoms with Crippen molar-refractivity contribution in [1.29, 1.82) is 0 Å². The van der Waals surface area contributed by atoms with E-state index in [4.69, 9.17) is 10.5 Å². The largest absolute Gasteiger partial charge is 0.480 e. The van der Waals surface area contributed by atoms with Gasteiger partial charge in [-0.3, -0.25) is 9.10 Å². The van der Waals surface area contributed by atoms with Gasteiger partial charge in [0.05, 0.1) is 24.3 Å². The van der Waals surface area contributed by atoms with Crippen LogP contribution in [0.25, 0.3) is 0 Å². The average Bonchev–Trinajstić information content (AvgIpc) is 3.53. The van der Waals surface area contributed by atoms with Gasteiger partial charge in [0.15, 0.2) is 0 Å². The Morgan fingerprint density at radius 2 is 2.14 bits per heavy atom. The molecule has 152 valence electrons. The quantitative estimate of drug-likeness (QED) is 0.773. The Morgan fingerprint density at radius 3 is 2.76 bits per heavy atom. The number of aromatic nitrogens is 2. The van der Waals surface area contributed by atoms with E-state index >= 15 is 0 Å². The zero-order valence-corrected chi connectivity index (χ0v) is 16.6.